The fourth-order valence-corrected chi connectivity index (χ4v) is 3.89. The van der Waals surface area contributed by atoms with E-state index in [1.807, 2.05) is 0 Å². The molecule has 1 rings (SSSR count). The van der Waals surface area contributed by atoms with E-state index in [4.69, 9.17) is 0 Å². The van der Waals surface area contributed by atoms with Gasteiger partial charge in [-0.25, -0.2) is 8.42 Å². The summed E-state index contributed by atoms with van der Waals surface area (Å²) in [5.74, 6) is 0. The number of aliphatic hydroxyl groups excluding tert-OH is 1. The number of allylic oxidation sites excluding steroid dienone is 4. The first-order valence-electron chi connectivity index (χ1n) is 5.43. The molecule has 0 aromatic carbocycles. The summed E-state index contributed by atoms with van der Waals surface area (Å²) in [6.45, 7) is 8.91. The van der Waals surface area contributed by atoms with Crippen molar-refractivity contribution in [1.82, 2.24) is 4.31 Å². The molecule has 1 aliphatic heterocycles. The highest BCUT2D eigenvalue weighted by atomic mass is 32.2. The molecule has 0 radical (unpaired) electrons. The van der Waals surface area contributed by atoms with E-state index in [1.54, 1.807) is 31.2 Å². The van der Waals surface area contributed by atoms with Crippen LogP contribution in [0.3, 0.4) is 0 Å². The molecule has 100 valence electrons. The summed E-state index contributed by atoms with van der Waals surface area (Å²) in [6.07, 6.45) is 6.53. The zero-order chi connectivity index (χ0) is 13.7. The van der Waals surface area contributed by atoms with Crippen molar-refractivity contribution in [2.24, 2.45) is 0 Å². The molecule has 6 heteroatoms. The first kappa shape index (κ1) is 15.1. The zero-order valence-corrected chi connectivity index (χ0v) is 11.9. The van der Waals surface area contributed by atoms with Crippen molar-refractivity contribution in [3.8, 4) is 0 Å². The molecule has 18 heavy (non-hydrogen) atoms. The molecule has 2 atom stereocenters. The van der Waals surface area contributed by atoms with Crippen molar-refractivity contribution in [3.63, 3.8) is 0 Å². The third-order valence-electron chi connectivity index (χ3n) is 2.60. The summed E-state index contributed by atoms with van der Waals surface area (Å²) in [5.41, 5.74) is 0.572. The number of nitrogens with zero attached hydrogens (tertiary/aromatic N) is 1. The standard InChI is InChI=1S/C12H17NO3S2/c1-4-6-10-11(7-5-2)17-12(8-14)9(3)13(10)18(15)16/h4-7,9,12,14,18H,1-2,8H2,3H3/b10-6+,11-7+/t9-,12+/m1/s1. The average molecular weight is 287 g/mol. The normalized spacial score (nSPS) is 28.9. The lowest BCUT2D eigenvalue weighted by Gasteiger charge is -2.38. The number of thiol groups is 1. The predicted molar refractivity (Wildman–Crippen MR) is 76.6 cm³/mol. The molecule has 1 saturated heterocycles. The van der Waals surface area contributed by atoms with E-state index in [1.165, 1.54) is 16.1 Å². The van der Waals surface area contributed by atoms with Gasteiger partial charge in [0.2, 0.25) is 10.9 Å². The molecule has 1 N–H and O–H groups in total. The summed E-state index contributed by atoms with van der Waals surface area (Å²) in [5, 5.41) is 9.14. The highest BCUT2D eigenvalue weighted by molar-refractivity contribution is 8.04. The van der Waals surface area contributed by atoms with Gasteiger partial charge in [0, 0.05) is 4.91 Å². The Morgan fingerprint density at radius 3 is 2.44 bits per heavy atom. The molecular formula is C12H17NO3S2. The van der Waals surface area contributed by atoms with Crippen LogP contribution in [0.5, 0.6) is 0 Å². The fraction of sp³-hybridized carbons (Fsp3) is 0.333. The monoisotopic (exact) mass is 287 g/mol. The van der Waals surface area contributed by atoms with E-state index >= 15 is 0 Å². The topological polar surface area (TPSA) is 57.6 Å². The molecule has 4 nitrogen and oxygen atoms in total. The minimum absolute atomic E-state index is 0.0820. The second-order valence-corrected chi connectivity index (χ2v) is 5.90. The van der Waals surface area contributed by atoms with Crippen molar-refractivity contribution in [2.45, 2.75) is 18.2 Å². The van der Waals surface area contributed by atoms with Crippen LogP contribution in [-0.2, 0) is 10.9 Å². The van der Waals surface area contributed by atoms with Gasteiger partial charge in [0.25, 0.3) is 0 Å². The maximum atomic E-state index is 11.4. The van der Waals surface area contributed by atoms with Gasteiger partial charge < -0.3 is 5.11 Å². The Balaban J connectivity index is 3.31. The summed E-state index contributed by atoms with van der Waals surface area (Å²) >= 11 is 1.45. The van der Waals surface area contributed by atoms with Gasteiger partial charge in [0.15, 0.2) is 0 Å². The second-order valence-electron chi connectivity index (χ2n) is 3.72. The molecule has 1 aliphatic rings. The van der Waals surface area contributed by atoms with E-state index < -0.39 is 10.9 Å². The zero-order valence-electron chi connectivity index (χ0n) is 10.2. The van der Waals surface area contributed by atoms with E-state index in [9.17, 15) is 13.5 Å². The van der Waals surface area contributed by atoms with Gasteiger partial charge in [-0.1, -0.05) is 25.3 Å². The van der Waals surface area contributed by atoms with Gasteiger partial charge in [-0.15, -0.1) is 11.8 Å². The summed E-state index contributed by atoms with van der Waals surface area (Å²) < 4.78 is 24.1. The lowest BCUT2D eigenvalue weighted by Crippen LogP contribution is -2.44. The SMILES string of the molecule is C=C/C=C1/S[C@@H](CO)[C@@H](C)N([SH](=O)=O)/C1=C/C=C. The van der Waals surface area contributed by atoms with Gasteiger partial charge in [-0.2, -0.15) is 0 Å². The summed E-state index contributed by atoms with van der Waals surface area (Å²) in [7, 11) is -2.76. The minimum Gasteiger partial charge on any atom is -0.395 e. The van der Waals surface area contributed by atoms with Crippen LogP contribution in [-0.4, -0.2) is 35.7 Å². The number of hydrogen-bond donors (Lipinski definition) is 2. The first-order valence-corrected chi connectivity index (χ1v) is 7.44. The van der Waals surface area contributed by atoms with Crippen molar-refractivity contribution < 1.29 is 13.5 Å². The molecule has 0 unspecified atom stereocenters. The number of aliphatic hydroxyl groups is 1. The smallest absolute Gasteiger partial charge is 0.225 e. The van der Waals surface area contributed by atoms with Crippen molar-refractivity contribution in [2.75, 3.05) is 6.61 Å². The molecule has 0 saturated carbocycles. The molecular weight excluding hydrogens is 270 g/mol. The summed E-state index contributed by atoms with van der Waals surface area (Å²) in [6, 6.07) is -0.297. The highest BCUT2D eigenvalue weighted by Gasteiger charge is 2.34. The third kappa shape index (κ3) is 3.07. The maximum absolute atomic E-state index is 11.4. The molecule has 0 aromatic rings. The van der Waals surface area contributed by atoms with Gasteiger partial charge in [0.1, 0.15) is 0 Å². The van der Waals surface area contributed by atoms with Crippen LogP contribution in [0.15, 0.2) is 48.1 Å². The Hall–Kier alpha value is -0.980. The van der Waals surface area contributed by atoms with Crippen molar-refractivity contribution >= 4 is 22.7 Å². The number of thioether (sulfide) groups is 1. The molecule has 0 spiro atoms. The van der Waals surface area contributed by atoms with E-state index in [0.29, 0.717) is 5.70 Å². The first-order chi connectivity index (χ1) is 8.56. The second kappa shape index (κ2) is 6.82. The van der Waals surface area contributed by atoms with Crippen LogP contribution in [0.2, 0.25) is 0 Å². The van der Waals surface area contributed by atoms with Gasteiger partial charge in [-0.3, -0.25) is 4.31 Å². The van der Waals surface area contributed by atoms with Crippen molar-refractivity contribution in [3.05, 3.63) is 48.1 Å². The van der Waals surface area contributed by atoms with E-state index in [-0.39, 0.29) is 17.9 Å². The van der Waals surface area contributed by atoms with Crippen LogP contribution < -0.4 is 0 Å². The molecule has 0 aliphatic carbocycles. The quantitative estimate of drug-likeness (QED) is 0.769. The molecule has 0 aromatic heterocycles. The van der Waals surface area contributed by atoms with Crippen LogP contribution in [0.25, 0.3) is 0 Å². The Morgan fingerprint density at radius 1 is 1.39 bits per heavy atom. The van der Waals surface area contributed by atoms with Crippen LogP contribution in [0.4, 0.5) is 0 Å². The Labute approximate surface area is 113 Å². The summed E-state index contributed by atoms with van der Waals surface area (Å²) in [4.78, 5) is 0.765. The van der Waals surface area contributed by atoms with E-state index in [2.05, 4.69) is 13.2 Å². The number of rotatable bonds is 4. The predicted octanol–water partition coefficient (Wildman–Crippen LogP) is 1.45. The fourth-order valence-electron chi connectivity index (χ4n) is 1.74. The van der Waals surface area contributed by atoms with Crippen molar-refractivity contribution in [1.29, 1.82) is 0 Å². The van der Waals surface area contributed by atoms with Crippen LogP contribution in [0.1, 0.15) is 6.92 Å². The van der Waals surface area contributed by atoms with Gasteiger partial charge in [0.05, 0.1) is 23.6 Å². The molecule has 1 heterocycles. The third-order valence-corrected chi connectivity index (χ3v) is 4.98. The maximum Gasteiger partial charge on any atom is 0.225 e. The molecule has 1 fully saturated rings. The molecule has 0 bridgehead atoms. The largest absolute Gasteiger partial charge is 0.395 e. The lowest BCUT2D eigenvalue weighted by molar-refractivity contribution is 0.256. The lowest BCUT2D eigenvalue weighted by atomic mass is 10.2. The Kier molecular flexibility index (Phi) is 5.71. The number of hydrogen-bond acceptors (Lipinski definition) is 4. The van der Waals surface area contributed by atoms with E-state index in [0.717, 1.165) is 4.91 Å². The molecule has 0 amide bonds. The van der Waals surface area contributed by atoms with Gasteiger partial charge in [-0.05, 0) is 19.1 Å². The Morgan fingerprint density at radius 2 is 2.00 bits per heavy atom. The Bertz CT molecular complexity index is 458. The van der Waals surface area contributed by atoms with Gasteiger partial charge >= 0.3 is 0 Å². The van der Waals surface area contributed by atoms with Crippen LogP contribution in [0, 0.1) is 0 Å². The average Bonchev–Trinajstić information content (AvgIpc) is 2.32. The minimum atomic E-state index is -2.76. The van der Waals surface area contributed by atoms with Crippen LogP contribution >= 0.6 is 11.8 Å². The highest BCUT2D eigenvalue weighted by Crippen LogP contribution is 2.40.